The molecule has 0 amide bonds. The Morgan fingerprint density at radius 1 is 0.714 bits per heavy atom. The molecule has 0 unspecified atom stereocenters. The van der Waals surface area contributed by atoms with Crippen LogP contribution in [0.2, 0.25) is 0 Å². The van der Waals surface area contributed by atoms with E-state index in [-0.39, 0.29) is 0 Å². The summed E-state index contributed by atoms with van der Waals surface area (Å²) in [5.41, 5.74) is 0. The zero-order valence-corrected chi connectivity index (χ0v) is 14.5. The van der Waals surface area contributed by atoms with Gasteiger partial charge in [0, 0.05) is 6.42 Å². The standard InChI is InChI=1S/C19H38O2/c1-3-5-10-14-18(15-11-6-4-2)16-12-8-7-9-13-17-19(20)21/h18H,3-17H2,1-2H3,(H,20,21). The van der Waals surface area contributed by atoms with Crippen LogP contribution in [0.25, 0.3) is 0 Å². The highest BCUT2D eigenvalue weighted by atomic mass is 16.4. The highest BCUT2D eigenvalue weighted by molar-refractivity contribution is 5.66. The minimum atomic E-state index is -0.651. The summed E-state index contributed by atoms with van der Waals surface area (Å²) in [6.45, 7) is 4.56. The maximum absolute atomic E-state index is 10.4. The molecule has 0 saturated heterocycles. The highest BCUT2D eigenvalue weighted by Gasteiger charge is 2.08. The van der Waals surface area contributed by atoms with Crippen LogP contribution >= 0.6 is 0 Å². The average Bonchev–Trinajstić information content (AvgIpc) is 2.45. The molecule has 21 heavy (non-hydrogen) atoms. The van der Waals surface area contributed by atoms with E-state index in [1.807, 2.05) is 0 Å². The maximum atomic E-state index is 10.4. The van der Waals surface area contributed by atoms with Crippen LogP contribution in [0.4, 0.5) is 0 Å². The molecule has 0 rings (SSSR count). The van der Waals surface area contributed by atoms with Crippen LogP contribution in [0.5, 0.6) is 0 Å². The van der Waals surface area contributed by atoms with Crippen molar-refractivity contribution in [2.75, 3.05) is 0 Å². The fourth-order valence-electron chi connectivity index (χ4n) is 3.04. The van der Waals surface area contributed by atoms with Gasteiger partial charge in [0.15, 0.2) is 0 Å². The molecule has 2 nitrogen and oxygen atoms in total. The van der Waals surface area contributed by atoms with E-state index in [2.05, 4.69) is 13.8 Å². The number of rotatable bonds is 16. The summed E-state index contributed by atoms with van der Waals surface area (Å²) in [5, 5.41) is 8.59. The van der Waals surface area contributed by atoms with Crippen molar-refractivity contribution in [2.45, 2.75) is 110 Å². The average molecular weight is 299 g/mol. The summed E-state index contributed by atoms with van der Waals surface area (Å²) in [7, 11) is 0. The largest absolute Gasteiger partial charge is 0.481 e. The van der Waals surface area contributed by atoms with Crippen LogP contribution in [0.3, 0.4) is 0 Å². The van der Waals surface area contributed by atoms with Crippen LogP contribution in [-0.4, -0.2) is 11.1 Å². The molecule has 0 spiro atoms. The van der Waals surface area contributed by atoms with Crippen LogP contribution < -0.4 is 0 Å². The van der Waals surface area contributed by atoms with Gasteiger partial charge in [0.05, 0.1) is 0 Å². The lowest BCUT2D eigenvalue weighted by molar-refractivity contribution is -0.137. The normalized spacial score (nSPS) is 11.2. The molecule has 0 bridgehead atoms. The van der Waals surface area contributed by atoms with E-state index >= 15 is 0 Å². The smallest absolute Gasteiger partial charge is 0.303 e. The van der Waals surface area contributed by atoms with Crippen LogP contribution in [0.1, 0.15) is 110 Å². The molecule has 0 aliphatic carbocycles. The predicted octanol–water partition coefficient (Wildman–Crippen LogP) is 6.58. The molecule has 126 valence electrons. The summed E-state index contributed by atoms with van der Waals surface area (Å²) in [4.78, 5) is 10.4. The van der Waals surface area contributed by atoms with E-state index < -0.39 is 5.97 Å². The third-order valence-corrected chi connectivity index (χ3v) is 4.43. The summed E-state index contributed by atoms with van der Waals surface area (Å²) >= 11 is 0. The Bertz CT molecular complexity index is 216. The van der Waals surface area contributed by atoms with Crippen LogP contribution in [-0.2, 0) is 4.79 Å². The molecule has 2 heteroatoms. The first-order valence-electron chi connectivity index (χ1n) is 9.42. The maximum Gasteiger partial charge on any atom is 0.303 e. The molecule has 0 aromatic carbocycles. The van der Waals surface area contributed by atoms with E-state index in [1.54, 1.807) is 0 Å². The Balaban J connectivity index is 3.60. The fourth-order valence-corrected chi connectivity index (χ4v) is 3.04. The first-order chi connectivity index (χ1) is 10.2. The molecule has 0 aliphatic rings. The van der Waals surface area contributed by atoms with E-state index in [4.69, 9.17) is 5.11 Å². The van der Waals surface area contributed by atoms with Crippen LogP contribution in [0.15, 0.2) is 0 Å². The second-order valence-corrected chi connectivity index (χ2v) is 6.56. The van der Waals surface area contributed by atoms with Crippen molar-refractivity contribution in [2.24, 2.45) is 5.92 Å². The van der Waals surface area contributed by atoms with Gasteiger partial charge in [0.1, 0.15) is 0 Å². The first kappa shape index (κ1) is 20.5. The SMILES string of the molecule is CCCCCC(CCCCC)CCCCCCCC(=O)O. The van der Waals surface area contributed by atoms with E-state index in [9.17, 15) is 4.79 Å². The first-order valence-corrected chi connectivity index (χ1v) is 9.42. The summed E-state index contributed by atoms with van der Waals surface area (Å²) in [6.07, 6.45) is 18.6. The van der Waals surface area contributed by atoms with Crippen molar-refractivity contribution in [1.29, 1.82) is 0 Å². The monoisotopic (exact) mass is 298 g/mol. The van der Waals surface area contributed by atoms with Crippen molar-refractivity contribution >= 4 is 5.97 Å². The second-order valence-electron chi connectivity index (χ2n) is 6.56. The third kappa shape index (κ3) is 15.7. The fraction of sp³-hybridized carbons (Fsp3) is 0.947. The molecule has 0 aromatic heterocycles. The number of aliphatic carboxylic acids is 1. The Morgan fingerprint density at radius 3 is 1.62 bits per heavy atom. The molecule has 0 heterocycles. The lowest BCUT2D eigenvalue weighted by Gasteiger charge is -2.16. The molecule has 1 N–H and O–H groups in total. The van der Waals surface area contributed by atoms with Gasteiger partial charge in [0.25, 0.3) is 0 Å². The van der Waals surface area contributed by atoms with Gasteiger partial charge in [-0.05, 0) is 12.3 Å². The Morgan fingerprint density at radius 2 is 1.14 bits per heavy atom. The number of carboxylic acids is 1. The minimum Gasteiger partial charge on any atom is -0.481 e. The quantitative estimate of drug-likeness (QED) is 0.327. The topological polar surface area (TPSA) is 37.3 Å². The number of hydrogen-bond donors (Lipinski definition) is 1. The number of unbranched alkanes of at least 4 members (excludes halogenated alkanes) is 8. The van der Waals surface area contributed by atoms with Gasteiger partial charge in [-0.1, -0.05) is 97.3 Å². The van der Waals surface area contributed by atoms with E-state index in [0.717, 1.165) is 18.8 Å². The molecular formula is C19H38O2. The van der Waals surface area contributed by atoms with Crippen molar-refractivity contribution in [3.8, 4) is 0 Å². The molecule has 0 fully saturated rings. The van der Waals surface area contributed by atoms with Crippen molar-refractivity contribution in [3.63, 3.8) is 0 Å². The molecule has 0 radical (unpaired) electrons. The number of hydrogen-bond acceptors (Lipinski definition) is 1. The van der Waals surface area contributed by atoms with Gasteiger partial charge in [0.2, 0.25) is 0 Å². The zero-order chi connectivity index (χ0) is 15.8. The highest BCUT2D eigenvalue weighted by Crippen LogP contribution is 2.23. The van der Waals surface area contributed by atoms with Crippen molar-refractivity contribution in [3.05, 3.63) is 0 Å². The Labute approximate surface area is 132 Å². The second kappa shape index (κ2) is 15.9. The summed E-state index contributed by atoms with van der Waals surface area (Å²) in [5.74, 6) is 0.295. The van der Waals surface area contributed by atoms with Crippen molar-refractivity contribution in [1.82, 2.24) is 0 Å². The van der Waals surface area contributed by atoms with E-state index in [0.29, 0.717) is 6.42 Å². The van der Waals surface area contributed by atoms with Crippen molar-refractivity contribution < 1.29 is 9.90 Å². The molecule has 0 aromatic rings. The predicted molar refractivity (Wildman–Crippen MR) is 91.7 cm³/mol. The van der Waals surface area contributed by atoms with Gasteiger partial charge >= 0.3 is 5.97 Å². The van der Waals surface area contributed by atoms with Gasteiger partial charge in [-0.25, -0.2) is 0 Å². The lowest BCUT2D eigenvalue weighted by atomic mass is 9.90. The zero-order valence-electron chi connectivity index (χ0n) is 14.5. The molecule has 0 aliphatic heterocycles. The number of carbonyl (C=O) groups is 1. The van der Waals surface area contributed by atoms with Crippen LogP contribution in [0, 0.1) is 5.92 Å². The Kier molecular flexibility index (Phi) is 15.5. The van der Waals surface area contributed by atoms with Gasteiger partial charge in [-0.15, -0.1) is 0 Å². The van der Waals surface area contributed by atoms with E-state index in [1.165, 1.54) is 77.0 Å². The van der Waals surface area contributed by atoms with Gasteiger partial charge in [-0.3, -0.25) is 4.79 Å². The number of carboxylic acid groups (broad SMARTS) is 1. The lowest BCUT2D eigenvalue weighted by Crippen LogP contribution is -2.01. The third-order valence-electron chi connectivity index (χ3n) is 4.43. The summed E-state index contributed by atoms with van der Waals surface area (Å²) < 4.78 is 0. The molecule has 0 atom stereocenters. The molecular weight excluding hydrogens is 260 g/mol. The van der Waals surface area contributed by atoms with Gasteiger partial charge in [-0.2, -0.15) is 0 Å². The minimum absolute atomic E-state index is 0.344. The molecule has 0 saturated carbocycles. The van der Waals surface area contributed by atoms with Gasteiger partial charge < -0.3 is 5.11 Å². The summed E-state index contributed by atoms with van der Waals surface area (Å²) in [6, 6.07) is 0. The Hall–Kier alpha value is -0.530.